The fourth-order valence-corrected chi connectivity index (χ4v) is 2.22. The highest BCUT2D eigenvalue weighted by Gasteiger charge is 2.06. The molecule has 3 N–H and O–H groups in total. The number of carbonyl (C=O) groups is 1. The summed E-state index contributed by atoms with van der Waals surface area (Å²) in [5.74, 6) is 0.826. The summed E-state index contributed by atoms with van der Waals surface area (Å²) in [6.07, 6.45) is 4.72. The molecule has 2 rings (SSSR count). The first-order valence-corrected chi connectivity index (χ1v) is 7.89. The molecule has 6 heteroatoms. The van der Waals surface area contributed by atoms with Crippen molar-refractivity contribution in [1.29, 1.82) is 0 Å². The van der Waals surface area contributed by atoms with Crippen LogP contribution in [0.3, 0.4) is 0 Å². The number of aromatic nitrogens is 2. The molecule has 1 heterocycles. The average molecular weight is 316 g/mol. The number of hydrogen-bond acceptors (Lipinski definition) is 3. The number of nitrogens with zero attached hydrogens (tertiary/aromatic N) is 2. The lowest BCUT2D eigenvalue weighted by Crippen LogP contribution is -2.37. The first-order valence-electron chi connectivity index (χ1n) is 7.89. The number of nitrogens with one attached hydrogen (secondary N) is 2. The summed E-state index contributed by atoms with van der Waals surface area (Å²) in [4.78, 5) is 16.0. The lowest BCUT2D eigenvalue weighted by atomic mass is 10.1. The second kappa shape index (κ2) is 8.95. The van der Waals surface area contributed by atoms with Crippen molar-refractivity contribution >= 4 is 6.03 Å². The van der Waals surface area contributed by atoms with Crippen LogP contribution in [0.5, 0.6) is 0 Å². The van der Waals surface area contributed by atoms with Crippen LogP contribution in [0, 0.1) is 0 Å². The summed E-state index contributed by atoms with van der Waals surface area (Å²) in [6.45, 7) is 3.35. The largest absolute Gasteiger partial charge is 0.393 e. The van der Waals surface area contributed by atoms with Crippen LogP contribution in [0.4, 0.5) is 4.79 Å². The smallest absolute Gasteiger partial charge is 0.315 e. The number of aliphatic hydroxyl groups excluding tert-OH is 1. The van der Waals surface area contributed by atoms with Crippen molar-refractivity contribution < 1.29 is 9.90 Å². The summed E-state index contributed by atoms with van der Waals surface area (Å²) in [7, 11) is 0. The van der Waals surface area contributed by atoms with Crippen LogP contribution in [0.1, 0.15) is 24.7 Å². The molecular formula is C17H24N4O2. The zero-order chi connectivity index (χ0) is 16.5. The van der Waals surface area contributed by atoms with Crippen molar-refractivity contribution in [3.8, 4) is 0 Å². The maximum absolute atomic E-state index is 11.7. The van der Waals surface area contributed by atoms with E-state index in [0.29, 0.717) is 19.5 Å². The number of hydrogen-bond donors (Lipinski definition) is 3. The topological polar surface area (TPSA) is 79.2 Å². The molecule has 6 nitrogen and oxygen atoms in total. The van der Waals surface area contributed by atoms with Crippen molar-refractivity contribution in [1.82, 2.24) is 20.2 Å². The van der Waals surface area contributed by atoms with E-state index in [2.05, 4.69) is 27.8 Å². The van der Waals surface area contributed by atoms with Gasteiger partial charge in [0.05, 0.1) is 12.6 Å². The van der Waals surface area contributed by atoms with Gasteiger partial charge in [-0.1, -0.05) is 30.3 Å². The Morgan fingerprint density at radius 3 is 2.83 bits per heavy atom. The normalized spacial score (nSPS) is 11.9. The lowest BCUT2D eigenvalue weighted by molar-refractivity contribution is 0.183. The molecule has 23 heavy (non-hydrogen) atoms. The number of benzene rings is 1. The second-order valence-electron chi connectivity index (χ2n) is 5.52. The van der Waals surface area contributed by atoms with E-state index in [9.17, 15) is 4.79 Å². The molecule has 0 aliphatic rings. The summed E-state index contributed by atoms with van der Waals surface area (Å²) in [5, 5.41) is 14.6. The van der Waals surface area contributed by atoms with Gasteiger partial charge in [-0.05, 0) is 25.3 Å². The van der Waals surface area contributed by atoms with Gasteiger partial charge in [-0.3, -0.25) is 0 Å². The summed E-state index contributed by atoms with van der Waals surface area (Å²) in [5.41, 5.74) is 1.27. The Morgan fingerprint density at radius 1 is 1.30 bits per heavy atom. The summed E-state index contributed by atoms with van der Waals surface area (Å²) < 4.78 is 2.04. The fraction of sp³-hybridized carbons (Fsp3) is 0.412. The number of aliphatic hydroxyl groups is 1. The molecule has 1 atom stereocenters. The quantitative estimate of drug-likeness (QED) is 0.693. The molecule has 2 amide bonds. The van der Waals surface area contributed by atoms with E-state index in [-0.39, 0.29) is 6.03 Å². The van der Waals surface area contributed by atoms with Crippen LogP contribution >= 0.6 is 0 Å². The van der Waals surface area contributed by atoms with Crippen LogP contribution in [0.2, 0.25) is 0 Å². The van der Waals surface area contributed by atoms with Gasteiger partial charge in [0, 0.05) is 25.5 Å². The van der Waals surface area contributed by atoms with Gasteiger partial charge in [-0.15, -0.1) is 0 Å². The van der Waals surface area contributed by atoms with E-state index in [0.717, 1.165) is 18.8 Å². The second-order valence-corrected chi connectivity index (χ2v) is 5.52. The third-order valence-electron chi connectivity index (χ3n) is 3.54. The van der Waals surface area contributed by atoms with Crippen LogP contribution in [-0.4, -0.2) is 33.3 Å². The van der Waals surface area contributed by atoms with Gasteiger partial charge in [0.25, 0.3) is 0 Å². The number of aryl methyl sites for hydroxylation is 2. The van der Waals surface area contributed by atoms with E-state index in [1.165, 1.54) is 5.56 Å². The molecule has 0 radical (unpaired) electrons. The minimum Gasteiger partial charge on any atom is -0.393 e. The minimum absolute atomic E-state index is 0.247. The molecule has 0 aliphatic heterocycles. The molecule has 0 saturated heterocycles. The van der Waals surface area contributed by atoms with Crippen LogP contribution < -0.4 is 10.6 Å². The van der Waals surface area contributed by atoms with Crippen molar-refractivity contribution in [2.45, 2.75) is 39.0 Å². The molecule has 1 unspecified atom stereocenters. The van der Waals surface area contributed by atoms with E-state index in [1.807, 2.05) is 29.0 Å². The van der Waals surface area contributed by atoms with Gasteiger partial charge in [-0.2, -0.15) is 0 Å². The van der Waals surface area contributed by atoms with Crippen LogP contribution in [0.15, 0.2) is 42.7 Å². The number of rotatable bonds is 8. The summed E-state index contributed by atoms with van der Waals surface area (Å²) >= 11 is 0. The highest BCUT2D eigenvalue weighted by Crippen LogP contribution is 2.04. The van der Waals surface area contributed by atoms with Gasteiger partial charge < -0.3 is 20.3 Å². The standard InChI is InChI=1S/C17H24N4O2/c1-14(22)7-9-19-17(23)20-13-16-18-10-12-21(16)11-8-15-5-3-2-4-6-15/h2-6,10,12,14,22H,7-9,11,13H2,1H3,(H2,19,20,23). The predicted octanol–water partition coefficient (Wildman–Crippen LogP) is 1.70. The predicted molar refractivity (Wildman–Crippen MR) is 88.9 cm³/mol. The highest BCUT2D eigenvalue weighted by molar-refractivity contribution is 5.73. The van der Waals surface area contributed by atoms with Gasteiger partial charge in [-0.25, -0.2) is 9.78 Å². The third-order valence-corrected chi connectivity index (χ3v) is 3.54. The van der Waals surface area contributed by atoms with E-state index >= 15 is 0 Å². The fourth-order valence-electron chi connectivity index (χ4n) is 2.22. The maximum atomic E-state index is 11.7. The zero-order valence-corrected chi connectivity index (χ0v) is 13.4. The zero-order valence-electron chi connectivity index (χ0n) is 13.4. The Hall–Kier alpha value is -2.34. The number of imidazole rings is 1. The van der Waals surface area contributed by atoms with Gasteiger partial charge in [0.2, 0.25) is 0 Å². The Bertz CT molecular complexity index is 596. The SMILES string of the molecule is CC(O)CCNC(=O)NCc1nccn1CCc1ccccc1. The number of carbonyl (C=O) groups excluding carboxylic acids is 1. The van der Waals surface area contributed by atoms with E-state index in [1.54, 1.807) is 13.1 Å². The molecule has 124 valence electrons. The maximum Gasteiger partial charge on any atom is 0.315 e. The Kier molecular flexibility index (Phi) is 6.62. The number of amides is 2. The van der Waals surface area contributed by atoms with Crippen molar-refractivity contribution in [3.05, 3.63) is 54.1 Å². The Morgan fingerprint density at radius 2 is 2.09 bits per heavy atom. The molecule has 0 saturated carbocycles. The van der Waals surface area contributed by atoms with Crippen LogP contribution in [-0.2, 0) is 19.5 Å². The van der Waals surface area contributed by atoms with Gasteiger partial charge in [0.15, 0.2) is 0 Å². The van der Waals surface area contributed by atoms with E-state index < -0.39 is 6.10 Å². The third kappa shape index (κ3) is 6.12. The molecular weight excluding hydrogens is 292 g/mol. The highest BCUT2D eigenvalue weighted by atomic mass is 16.3. The van der Waals surface area contributed by atoms with E-state index in [4.69, 9.17) is 5.11 Å². The van der Waals surface area contributed by atoms with Crippen molar-refractivity contribution in [2.75, 3.05) is 6.54 Å². The first-order chi connectivity index (χ1) is 11.1. The Balaban J connectivity index is 1.76. The number of urea groups is 1. The first kappa shape index (κ1) is 17.0. The van der Waals surface area contributed by atoms with Crippen molar-refractivity contribution in [3.63, 3.8) is 0 Å². The molecule has 0 aliphatic carbocycles. The molecule has 0 fully saturated rings. The van der Waals surface area contributed by atoms with Gasteiger partial charge in [0.1, 0.15) is 5.82 Å². The molecule has 2 aromatic rings. The molecule has 0 bridgehead atoms. The molecule has 1 aromatic carbocycles. The lowest BCUT2D eigenvalue weighted by Gasteiger charge is -2.10. The monoisotopic (exact) mass is 316 g/mol. The average Bonchev–Trinajstić information content (AvgIpc) is 2.99. The minimum atomic E-state index is -0.410. The molecule has 1 aromatic heterocycles. The molecule has 0 spiro atoms. The Labute approximate surface area is 136 Å². The van der Waals surface area contributed by atoms with Crippen molar-refractivity contribution in [2.24, 2.45) is 0 Å². The summed E-state index contributed by atoms with van der Waals surface area (Å²) in [6, 6.07) is 10.0. The van der Waals surface area contributed by atoms with Gasteiger partial charge >= 0.3 is 6.03 Å². The van der Waals surface area contributed by atoms with Crippen LogP contribution in [0.25, 0.3) is 0 Å².